The van der Waals surface area contributed by atoms with E-state index in [4.69, 9.17) is 9.84 Å². The number of rotatable bonds is 9. The van der Waals surface area contributed by atoms with Crippen LogP contribution in [0.5, 0.6) is 0 Å². The fraction of sp³-hybridized carbons (Fsp3) is 0.400. The molecule has 1 saturated carbocycles. The summed E-state index contributed by atoms with van der Waals surface area (Å²) in [5, 5.41) is 14.4. The molecule has 3 N–H and O–H groups in total. The summed E-state index contributed by atoms with van der Waals surface area (Å²) in [5.74, 6) is -1.70. The Kier molecular flexibility index (Phi) is 6.65. The average Bonchev–Trinajstić information content (AvgIpc) is 3.51. The van der Waals surface area contributed by atoms with E-state index in [2.05, 4.69) is 22.8 Å². The lowest BCUT2D eigenvalue weighted by Crippen LogP contribution is -2.52. The van der Waals surface area contributed by atoms with Gasteiger partial charge in [-0.25, -0.2) is 4.79 Å². The molecular formula is C25H29N3O5. The minimum Gasteiger partial charge on any atom is -0.481 e. The summed E-state index contributed by atoms with van der Waals surface area (Å²) in [4.78, 5) is 38.0. The Hall–Kier alpha value is -3.39. The molecule has 0 saturated heterocycles. The quantitative estimate of drug-likeness (QED) is 0.540. The summed E-state index contributed by atoms with van der Waals surface area (Å²) < 4.78 is 5.56. The largest absolute Gasteiger partial charge is 0.481 e. The number of benzene rings is 2. The molecule has 4 rings (SSSR count). The van der Waals surface area contributed by atoms with Gasteiger partial charge in [-0.2, -0.15) is 0 Å². The van der Waals surface area contributed by atoms with Crippen molar-refractivity contribution in [2.75, 3.05) is 33.8 Å². The molecule has 2 amide bonds. The molecule has 3 atom stereocenters. The summed E-state index contributed by atoms with van der Waals surface area (Å²) in [7, 11) is 3.61. The second-order valence-electron chi connectivity index (χ2n) is 8.97. The van der Waals surface area contributed by atoms with Crippen LogP contribution in [0, 0.1) is 11.8 Å². The zero-order valence-electron chi connectivity index (χ0n) is 18.8. The number of carboxylic acid groups (broad SMARTS) is 1. The highest BCUT2D eigenvalue weighted by Gasteiger charge is 2.43. The van der Waals surface area contributed by atoms with Crippen molar-refractivity contribution in [3.8, 4) is 11.1 Å². The van der Waals surface area contributed by atoms with Gasteiger partial charge >= 0.3 is 12.1 Å². The molecule has 2 aliphatic carbocycles. The lowest BCUT2D eigenvalue weighted by atomic mass is 9.98. The number of nitrogens with one attached hydrogen (secondary N) is 2. The van der Waals surface area contributed by atoms with Gasteiger partial charge in [0.25, 0.3) is 0 Å². The van der Waals surface area contributed by atoms with Crippen LogP contribution < -0.4 is 10.6 Å². The van der Waals surface area contributed by atoms with Crippen LogP contribution in [-0.4, -0.2) is 67.8 Å². The van der Waals surface area contributed by atoms with Gasteiger partial charge in [0.05, 0.1) is 5.92 Å². The molecule has 0 heterocycles. The molecule has 1 unspecified atom stereocenters. The van der Waals surface area contributed by atoms with E-state index in [-0.39, 0.29) is 30.9 Å². The van der Waals surface area contributed by atoms with E-state index >= 15 is 0 Å². The lowest BCUT2D eigenvalue weighted by molar-refractivity contribution is -0.139. The van der Waals surface area contributed by atoms with Crippen molar-refractivity contribution >= 4 is 18.0 Å². The number of hydrogen-bond donors (Lipinski definition) is 3. The van der Waals surface area contributed by atoms with Crippen molar-refractivity contribution < 1.29 is 24.2 Å². The fourth-order valence-electron chi connectivity index (χ4n) is 4.47. The summed E-state index contributed by atoms with van der Waals surface area (Å²) in [6, 6.07) is 15.4. The van der Waals surface area contributed by atoms with Crippen LogP contribution in [0.1, 0.15) is 23.5 Å². The van der Waals surface area contributed by atoms with Gasteiger partial charge in [0, 0.05) is 19.0 Å². The van der Waals surface area contributed by atoms with E-state index < -0.39 is 24.0 Å². The number of likely N-dealkylation sites (N-methyl/N-ethyl adjacent to an activating group) is 1. The highest BCUT2D eigenvalue weighted by Crippen LogP contribution is 2.44. The highest BCUT2D eigenvalue weighted by atomic mass is 16.5. The van der Waals surface area contributed by atoms with E-state index in [1.165, 1.54) is 0 Å². The first kappa shape index (κ1) is 22.8. The maximum Gasteiger partial charge on any atom is 0.407 e. The van der Waals surface area contributed by atoms with Crippen LogP contribution in [-0.2, 0) is 14.3 Å². The second-order valence-corrected chi connectivity index (χ2v) is 8.97. The normalized spacial score (nSPS) is 19.4. The van der Waals surface area contributed by atoms with E-state index in [0.717, 1.165) is 22.3 Å². The third-order valence-electron chi connectivity index (χ3n) is 6.28. The number of aliphatic carboxylic acids is 1. The first-order valence-electron chi connectivity index (χ1n) is 11.1. The molecule has 0 spiro atoms. The Morgan fingerprint density at radius 3 is 2.21 bits per heavy atom. The molecule has 33 heavy (non-hydrogen) atoms. The topological polar surface area (TPSA) is 108 Å². The van der Waals surface area contributed by atoms with Gasteiger partial charge in [-0.15, -0.1) is 0 Å². The predicted octanol–water partition coefficient (Wildman–Crippen LogP) is 2.29. The van der Waals surface area contributed by atoms with E-state index in [0.29, 0.717) is 13.0 Å². The molecule has 8 heteroatoms. The van der Waals surface area contributed by atoms with Gasteiger partial charge in [-0.05, 0) is 48.7 Å². The number of carbonyl (C=O) groups is 3. The number of alkyl carbamates (subject to hydrolysis) is 1. The SMILES string of the molecule is CN(C)CC(NC(=O)OCC1c2ccccc2-c2ccccc21)C(=O)NC[C@H]1C[C@H]1C(=O)O. The van der Waals surface area contributed by atoms with Crippen LogP contribution in [0.4, 0.5) is 4.79 Å². The van der Waals surface area contributed by atoms with Gasteiger partial charge in [0.1, 0.15) is 12.6 Å². The molecular weight excluding hydrogens is 422 g/mol. The molecule has 1 fully saturated rings. The number of carbonyl (C=O) groups excluding carboxylic acids is 2. The van der Waals surface area contributed by atoms with Crippen molar-refractivity contribution in [1.82, 2.24) is 15.5 Å². The number of nitrogens with zero attached hydrogens (tertiary/aromatic N) is 1. The molecule has 2 aromatic carbocycles. The third-order valence-corrected chi connectivity index (χ3v) is 6.28. The van der Waals surface area contributed by atoms with Crippen molar-refractivity contribution in [3.63, 3.8) is 0 Å². The third kappa shape index (κ3) is 5.17. The van der Waals surface area contributed by atoms with Crippen LogP contribution in [0.2, 0.25) is 0 Å². The first-order valence-corrected chi connectivity index (χ1v) is 11.1. The average molecular weight is 452 g/mol. The van der Waals surface area contributed by atoms with Gasteiger partial charge in [-0.3, -0.25) is 9.59 Å². The van der Waals surface area contributed by atoms with Crippen LogP contribution in [0.25, 0.3) is 11.1 Å². The highest BCUT2D eigenvalue weighted by molar-refractivity contribution is 5.86. The summed E-state index contributed by atoms with van der Waals surface area (Å²) in [6.45, 7) is 0.744. The van der Waals surface area contributed by atoms with Crippen LogP contribution in [0.3, 0.4) is 0 Å². The summed E-state index contributed by atoms with van der Waals surface area (Å²) in [6.07, 6.45) is -0.0954. The first-order chi connectivity index (χ1) is 15.8. The van der Waals surface area contributed by atoms with Gasteiger partial charge < -0.3 is 25.4 Å². The predicted molar refractivity (Wildman–Crippen MR) is 123 cm³/mol. The van der Waals surface area contributed by atoms with Gasteiger partial charge in [0.2, 0.25) is 5.91 Å². The number of amides is 2. The number of ether oxygens (including phenoxy) is 1. The zero-order chi connectivity index (χ0) is 23.5. The Morgan fingerprint density at radius 1 is 1.06 bits per heavy atom. The smallest absolute Gasteiger partial charge is 0.407 e. The molecule has 0 aliphatic heterocycles. The lowest BCUT2D eigenvalue weighted by Gasteiger charge is -2.22. The Balaban J connectivity index is 1.35. The molecule has 2 aromatic rings. The van der Waals surface area contributed by atoms with Gasteiger partial charge in [-0.1, -0.05) is 48.5 Å². The number of hydrogen-bond acceptors (Lipinski definition) is 5. The number of carboxylic acids is 1. The maximum atomic E-state index is 12.7. The zero-order valence-corrected chi connectivity index (χ0v) is 18.8. The molecule has 0 aromatic heterocycles. The van der Waals surface area contributed by atoms with Crippen molar-refractivity contribution in [2.24, 2.45) is 11.8 Å². The molecule has 8 nitrogen and oxygen atoms in total. The molecule has 2 aliphatic rings. The van der Waals surface area contributed by atoms with E-state index in [1.54, 1.807) is 19.0 Å². The minimum absolute atomic E-state index is 0.0547. The number of fused-ring (bicyclic) bond motifs is 3. The molecule has 174 valence electrons. The second kappa shape index (κ2) is 9.62. The Morgan fingerprint density at radius 2 is 1.67 bits per heavy atom. The van der Waals surface area contributed by atoms with Crippen LogP contribution >= 0.6 is 0 Å². The maximum absolute atomic E-state index is 12.7. The monoisotopic (exact) mass is 451 g/mol. The van der Waals surface area contributed by atoms with Crippen molar-refractivity contribution in [3.05, 3.63) is 59.7 Å². The fourth-order valence-corrected chi connectivity index (χ4v) is 4.47. The molecule has 0 radical (unpaired) electrons. The molecule has 0 bridgehead atoms. The minimum atomic E-state index is -0.837. The van der Waals surface area contributed by atoms with Gasteiger partial charge in [0.15, 0.2) is 0 Å². The standard InChI is InChI=1S/C25H29N3O5/c1-28(2)13-22(23(29)26-12-15-11-20(15)24(30)31)27-25(32)33-14-21-18-9-5-3-7-16(18)17-8-4-6-10-19(17)21/h3-10,15,20-22H,11-14H2,1-2H3,(H,26,29)(H,27,32)(H,30,31)/t15-,20-,22?/m1/s1. The van der Waals surface area contributed by atoms with Crippen molar-refractivity contribution in [2.45, 2.75) is 18.4 Å². The summed E-state index contributed by atoms with van der Waals surface area (Å²) >= 11 is 0. The summed E-state index contributed by atoms with van der Waals surface area (Å²) in [5.41, 5.74) is 4.52. The van der Waals surface area contributed by atoms with E-state index in [9.17, 15) is 14.4 Å². The van der Waals surface area contributed by atoms with Crippen molar-refractivity contribution in [1.29, 1.82) is 0 Å². The Bertz CT molecular complexity index is 1010. The van der Waals surface area contributed by atoms with E-state index in [1.807, 2.05) is 36.4 Å². The Labute approximate surface area is 192 Å². The van der Waals surface area contributed by atoms with Crippen LogP contribution in [0.15, 0.2) is 48.5 Å².